The van der Waals surface area contributed by atoms with E-state index in [9.17, 15) is 0 Å². The zero-order valence-corrected chi connectivity index (χ0v) is 9.38. The summed E-state index contributed by atoms with van der Waals surface area (Å²) < 4.78 is 2.49. The molecule has 1 heterocycles. The SMILES string of the molecule is CCCN(I)C1CC[NH2+]CC1. The van der Waals surface area contributed by atoms with Gasteiger partial charge in [-0.3, -0.25) is 0 Å². The normalized spacial score (nSPS) is 21.0. The van der Waals surface area contributed by atoms with Gasteiger partial charge in [-0.2, -0.15) is 0 Å². The average Bonchev–Trinajstić information content (AvgIpc) is 2.07. The van der Waals surface area contributed by atoms with Crippen LogP contribution in [0.4, 0.5) is 0 Å². The average molecular weight is 269 g/mol. The van der Waals surface area contributed by atoms with Crippen molar-refractivity contribution in [1.29, 1.82) is 0 Å². The fourth-order valence-electron chi connectivity index (χ4n) is 1.59. The van der Waals surface area contributed by atoms with E-state index in [4.69, 9.17) is 0 Å². The lowest BCUT2D eigenvalue weighted by molar-refractivity contribution is -0.663. The third-order valence-corrected chi connectivity index (χ3v) is 3.51. The van der Waals surface area contributed by atoms with Crippen LogP contribution in [0.15, 0.2) is 0 Å². The molecule has 11 heavy (non-hydrogen) atoms. The third-order valence-electron chi connectivity index (χ3n) is 2.24. The highest BCUT2D eigenvalue weighted by molar-refractivity contribution is 14.1. The van der Waals surface area contributed by atoms with Crippen molar-refractivity contribution in [2.75, 3.05) is 19.6 Å². The number of nitrogens with zero attached hydrogens (tertiary/aromatic N) is 1. The molecule has 3 heteroatoms. The molecule has 66 valence electrons. The van der Waals surface area contributed by atoms with Crippen LogP contribution in [0.25, 0.3) is 0 Å². The van der Waals surface area contributed by atoms with E-state index in [1.165, 1.54) is 38.9 Å². The molecular formula is C8H18IN2+. The summed E-state index contributed by atoms with van der Waals surface area (Å²) in [6.45, 7) is 6.16. The third kappa shape index (κ3) is 3.25. The van der Waals surface area contributed by atoms with E-state index in [2.05, 4.69) is 38.2 Å². The van der Waals surface area contributed by atoms with Crippen molar-refractivity contribution in [1.82, 2.24) is 3.11 Å². The number of quaternary nitrogens is 1. The molecule has 0 radical (unpaired) electrons. The summed E-state index contributed by atoms with van der Waals surface area (Å²) in [7, 11) is 0. The van der Waals surface area contributed by atoms with E-state index < -0.39 is 0 Å². The monoisotopic (exact) mass is 269 g/mol. The maximum absolute atomic E-state index is 2.49. The van der Waals surface area contributed by atoms with Crippen molar-refractivity contribution in [3.05, 3.63) is 0 Å². The fourth-order valence-corrected chi connectivity index (χ4v) is 2.62. The standard InChI is InChI=1S/C8H17IN2/c1-2-7-11(9)8-3-5-10-6-4-8/h8,10H,2-7H2,1H3/p+1. The Balaban J connectivity index is 2.21. The molecule has 0 amide bonds. The molecule has 1 aliphatic heterocycles. The summed E-state index contributed by atoms with van der Waals surface area (Å²) in [5, 5.41) is 2.42. The number of rotatable bonds is 3. The maximum Gasteiger partial charge on any atom is 0.0770 e. The molecule has 0 aromatic carbocycles. The Labute approximate surface area is 83.2 Å². The van der Waals surface area contributed by atoms with Gasteiger partial charge in [-0.1, -0.05) is 6.92 Å². The Morgan fingerprint density at radius 1 is 1.45 bits per heavy atom. The second-order valence-corrected chi connectivity index (χ2v) is 4.46. The van der Waals surface area contributed by atoms with E-state index in [0.29, 0.717) is 0 Å². The molecule has 2 nitrogen and oxygen atoms in total. The van der Waals surface area contributed by atoms with Gasteiger partial charge in [0.1, 0.15) is 0 Å². The minimum absolute atomic E-state index is 0.862. The molecule has 0 saturated carbocycles. The van der Waals surface area contributed by atoms with Crippen LogP contribution in [0.3, 0.4) is 0 Å². The van der Waals surface area contributed by atoms with Crippen LogP contribution >= 0.6 is 22.9 Å². The Morgan fingerprint density at radius 3 is 2.64 bits per heavy atom. The predicted molar refractivity (Wildman–Crippen MR) is 55.7 cm³/mol. The quantitative estimate of drug-likeness (QED) is 0.592. The molecule has 0 unspecified atom stereocenters. The van der Waals surface area contributed by atoms with Gasteiger partial charge in [-0.15, -0.1) is 0 Å². The molecule has 0 atom stereocenters. The van der Waals surface area contributed by atoms with Crippen molar-refractivity contribution < 1.29 is 5.32 Å². The smallest absolute Gasteiger partial charge is 0.0770 e. The summed E-state index contributed by atoms with van der Waals surface area (Å²) in [5.74, 6) is 0. The van der Waals surface area contributed by atoms with Crippen molar-refractivity contribution in [2.45, 2.75) is 32.2 Å². The van der Waals surface area contributed by atoms with Crippen molar-refractivity contribution in [2.24, 2.45) is 0 Å². The minimum Gasteiger partial charge on any atom is -0.346 e. The van der Waals surface area contributed by atoms with Gasteiger partial charge in [0.05, 0.1) is 13.1 Å². The Morgan fingerprint density at radius 2 is 2.09 bits per heavy atom. The van der Waals surface area contributed by atoms with Crippen LogP contribution in [-0.2, 0) is 0 Å². The molecule has 1 aliphatic rings. The largest absolute Gasteiger partial charge is 0.346 e. The van der Waals surface area contributed by atoms with E-state index in [0.717, 1.165) is 6.04 Å². The molecule has 0 aromatic heterocycles. The molecule has 0 spiro atoms. The van der Waals surface area contributed by atoms with Gasteiger partial charge in [0.2, 0.25) is 0 Å². The van der Waals surface area contributed by atoms with Crippen LogP contribution in [-0.4, -0.2) is 28.8 Å². The Kier molecular flexibility index (Phi) is 4.71. The van der Waals surface area contributed by atoms with Gasteiger partial charge < -0.3 is 5.32 Å². The maximum atomic E-state index is 2.49. The van der Waals surface area contributed by atoms with Crippen LogP contribution in [0.5, 0.6) is 0 Å². The van der Waals surface area contributed by atoms with Gasteiger partial charge in [0.25, 0.3) is 0 Å². The first-order valence-corrected chi connectivity index (χ1v) is 5.55. The molecular weight excluding hydrogens is 251 g/mol. The lowest BCUT2D eigenvalue weighted by Gasteiger charge is -2.27. The highest BCUT2D eigenvalue weighted by Gasteiger charge is 2.19. The van der Waals surface area contributed by atoms with Crippen LogP contribution in [0.1, 0.15) is 26.2 Å². The number of hydrogen-bond acceptors (Lipinski definition) is 1. The van der Waals surface area contributed by atoms with Crippen LogP contribution in [0.2, 0.25) is 0 Å². The first kappa shape index (κ1) is 9.74. The summed E-state index contributed by atoms with van der Waals surface area (Å²) in [6.07, 6.45) is 4.04. The fraction of sp³-hybridized carbons (Fsp3) is 1.00. The number of nitrogens with two attached hydrogens (primary N) is 1. The second kappa shape index (κ2) is 5.32. The van der Waals surface area contributed by atoms with Gasteiger partial charge in [-0.25, -0.2) is 3.11 Å². The molecule has 1 rings (SSSR count). The van der Waals surface area contributed by atoms with Crippen LogP contribution < -0.4 is 5.32 Å². The zero-order valence-electron chi connectivity index (χ0n) is 7.22. The second-order valence-electron chi connectivity index (χ2n) is 3.22. The van der Waals surface area contributed by atoms with Crippen LogP contribution in [0, 0.1) is 0 Å². The summed E-state index contributed by atoms with van der Waals surface area (Å²) >= 11 is 2.48. The van der Waals surface area contributed by atoms with E-state index >= 15 is 0 Å². The molecule has 0 aromatic rings. The molecule has 0 aliphatic carbocycles. The number of hydrogen-bond donors (Lipinski definition) is 1. The number of piperidine rings is 1. The van der Waals surface area contributed by atoms with E-state index in [-0.39, 0.29) is 0 Å². The Bertz CT molecular complexity index is 102. The number of halogens is 1. The lowest BCUT2D eigenvalue weighted by atomic mass is 10.1. The first-order chi connectivity index (χ1) is 5.34. The van der Waals surface area contributed by atoms with E-state index in [1.54, 1.807) is 0 Å². The highest BCUT2D eigenvalue weighted by Crippen LogP contribution is 2.14. The van der Waals surface area contributed by atoms with Crippen molar-refractivity contribution in [3.8, 4) is 0 Å². The van der Waals surface area contributed by atoms with Crippen molar-refractivity contribution in [3.63, 3.8) is 0 Å². The van der Waals surface area contributed by atoms with Gasteiger partial charge in [-0.05, 0) is 6.42 Å². The molecule has 1 fully saturated rings. The molecule has 1 saturated heterocycles. The van der Waals surface area contributed by atoms with Gasteiger partial charge in [0, 0.05) is 48.3 Å². The summed E-state index contributed by atoms with van der Waals surface area (Å²) in [4.78, 5) is 0. The Hall–Kier alpha value is 0.650. The minimum atomic E-state index is 0.862. The van der Waals surface area contributed by atoms with Gasteiger partial charge in [0.15, 0.2) is 0 Å². The van der Waals surface area contributed by atoms with Gasteiger partial charge >= 0.3 is 0 Å². The zero-order chi connectivity index (χ0) is 8.10. The summed E-state index contributed by atoms with van der Waals surface area (Å²) in [5.41, 5.74) is 0. The topological polar surface area (TPSA) is 19.9 Å². The molecule has 2 N–H and O–H groups in total. The highest BCUT2D eigenvalue weighted by atomic mass is 127. The molecule has 0 bridgehead atoms. The lowest BCUT2D eigenvalue weighted by Crippen LogP contribution is -2.87. The first-order valence-electron chi connectivity index (χ1n) is 4.58. The predicted octanol–water partition coefficient (Wildman–Crippen LogP) is 0.774. The van der Waals surface area contributed by atoms with E-state index in [1.807, 2.05) is 0 Å². The summed E-state index contributed by atoms with van der Waals surface area (Å²) in [6, 6.07) is 0.862. The van der Waals surface area contributed by atoms with Crippen molar-refractivity contribution >= 4 is 22.9 Å².